The summed E-state index contributed by atoms with van der Waals surface area (Å²) in [6, 6.07) is 10.7. The Hall–Kier alpha value is -3.22. The lowest BCUT2D eigenvalue weighted by atomic mass is 10.1. The third-order valence-corrected chi connectivity index (χ3v) is 4.44. The fraction of sp³-hybridized carbons (Fsp3) is 0.333. The Bertz CT molecular complexity index is 864. The summed E-state index contributed by atoms with van der Waals surface area (Å²) in [4.78, 5) is 24.0. The topological polar surface area (TPSA) is 83.1 Å². The summed E-state index contributed by atoms with van der Waals surface area (Å²) in [6.07, 6.45) is 1.39. The van der Waals surface area contributed by atoms with E-state index in [1.807, 2.05) is 18.2 Å². The lowest BCUT2D eigenvalue weighted by molar-refractivity contribution is -0.124. The number of amides is 1. The van der Waals surface area contributed by atoms with Gasteiger partial charge in [-0.3, -0.25) is 4.79 Å². The summed E-state index contributed by atoms with van der Waals surface area (Å²) in [5, 5.41) is 2.74. The van der Waals surface area contributed by atoms with E-state index >= 15 is 0 Å². The van der Waals surface area contributed by atoms with Gasteiger partial charge in [-0.05, 0) is 47.9 Å². The van der Waals surface area contributed by atoms with Crippen LogP contribution in [0, 0.1) is 0 Å². The lowest BCUT2D eigenvalue weighted by Gasteiger charge is -2.10. The van der Waals surface area contributed by atoms with Crippen LogP contribution in [-0.4, -0.2) is 45.9 Å². The highest BCUT2D eigenvalue weighted by molar-refractivity contribution is 5.91. The third-order valence-electron chi connectivity index (χ3n) is 4.44. The maximum Gasteiger partial charge on any atom is 0.338 e. The van der Waals surface area contributed by atoms with Crippen molar-refractivity contribution in [2.45, 2.75) is 12.8 Å². The normalized spacial score (nSPS) is 11.9. The Morgan fingerprint density at radius 3 is 2.68 bits per heavy atom. The predicted octanol–water partition coefficient (Wildman–Crippen LogP) is 2.15. The molecule has 7 nitrogen and oxygen atoms in total. The molecule has 1 aliphatic heterocycles. The minimum Gasteiger partial charge on any atom is -0.493 e. The molecule has 7 heteroatoms. The van der Waals surface area contributed by atoms with Crippen molar-refractivity contribution >= 4 is 11.9 Å². The fourth-order valence-corrected chi connectivity index (χ4v) is 2.96. The van der Waals surface area contributed by atoms with Crippen molar-refractivity contribution in [2.75, 3.05) is 34.0 Å². The van der Waals surface area contributed by atoms with Gasteiger partial charge < -0.3 is 24.3 Å². The summed E-state index contributed by atoms with van der Waals surface area (Å²) < 4.78 is 21.0. The number of rotatable bonds is 8. The van der Waals surface area contributed by atoms with Crippen molar-refractivity contribution in [1.82, 2.24) is 5.32 Å². The lowest BCUT2D eigenvalue weighted by Crippen LogP contribution is -2.30. The van der Waals surface area contributed by atoms with Gasteiger partial charge in [0.25, 0.3) is 5.91 Å². The molecule has 0 atom stereocenters. The molecule has 2 aromatic rings. The van der Waals surface area contributed by atoms with E-state index in [0.717, 1.165) is 23.3 Å². The maximum atomic E-state index is 12.1. The van der Waals surface area contributed by atoms with Crippen LogP contribution in [0.4, 0.5) is 0 Å². The second-order valence-corrected chi connectivity index (χ2v) is 6.29. The van der Waals surface area contributed by atoms with E-state index in [4.69, 9.17) is 18.9 Å². The highest BCUT2D eigenvalue weighted by atomic mass is 16.5. The van der Waals surface area contributed by atoms with Crippen molar-refractivity contribution in [3.8, 4) is 17.2 Å². The van der Waals surface area contributed by atoms with Gasteiger partial charge in [0.1, 0.15) is 5.75 Å². The molecule has 0 radical (unpaired) electrons. The van der Waals surface area contributed by atoms with Crippen LogP contribution < -0.4 is 19.5 Å². The van der Waals surface area contributed by atoms with E-state index in [1.54, 1.807) is 32.4 Å². The molecule has 1 heterocycles. The molecule has 1 aliphatic rings. The molecule has 3 rings (SSSR count). The molecule has 0 aromatic heterocycles. The zero-order valence-corrected chi connectivity index (χ0v) is 15.9. The number of carbonyl (C=O) groups excluding carboxylic acids is 2. The van der Waals surface area contributed by atoms with Gasteiger partial charge in [-0.15, -0.1) is 0 Å². The van der Waals surface area contributed by atoms with E-state index in [2.05, 4.69) is 5.32 Å². The summed E-state index contributed by atoms with van der Waals surface area (Å²) in [7, 11) is 3.15. The number of ether oxygens (including phenoxy) is 4. The molecule has 2 aromatic carbocycles. The Kier molecular flexibility index (Phi) is 6.37. The Labute approximate surface area is 163 Å². The molecule has 148 valence electrons. The average Bonchev–Trinajstić information content (AvgIpc) is 3.19. The molecule has 28 heavy (non-hydrogen) atoms. The number of nitrogens with one attached hydrogen (secondary N) is 1. The van der Waals surface area contributed by atoms with Gasteiger partial charge in [0.05, 0.1) is 26.4 Å². The Morgan fingerprint density at radius 1 is 1.07 bits per heavy atom. The van der Waals surface area contributed by atoms with Crippen LogP contribution in [0.5, 0.6) is 17.2 Å². The van der Waals surface area contributed by atoms with Crippen LogP contribution in [0.15, 0.2) is 36.4 Å². The number of hydrogen-bond acceptors (Lipinski definition) is 6. The van der Waals surface area contributed by atoms with Gasteiger partial charge in [-0.25, -0.2) is 4.79 Å². The Morgan fingerprint density at radius 2 is 1.89 bits per heavy atom. The largest absolute Gasteiger partial charge is 0.493 e. The molecule has 0 saturated carbocycles. The van der Waals surface area contributed by atoms with Gasteiger partial charge >= 0.3 is 5.97 Å². The zero-order chi connectivity index (χ0) is 19.9. The van der Waals surface area contributed by atoms with E-state index in [9.17, 15) is 9.59 Å². The van der Waals surface area contributed by atoms with Crippen molar-refractivity contribution in [3.05, 3.63) is 53.1 Å². The van der Waals surface area contributed by atoms with Gasteiger partial charge in [0, 0.05) is 13.0 Å². The van der Waals surface area contributed by atoms with Crippen molar-refractivity contribution in [3.63, 3.8) is 0 Å². The molecule has 0 spiro atoms. The van der Waals surface area contributed by atoms with E-state index in [1.165, 1.54) is 0 Å². The summed E-state index contributed by atoms with van der Waals surface area (Å²) in [6.45, 7) is 0.719. The second kappa shape index (κ2) is 9.12. The van der Waals surface area contributed by atoms with E-state index < -0.39 is 5.97 Å². The molecule has 0 aliphatic carbocycles. The summed E-state index contributed by atoms with van der Waals surface area (Å²) in [5.41, 5.74) is 2.39. The van der Waals surface area contributed by atoms with Gasteiger partial charge in [-0.1, -0.05) is 6.07 Å². The first-order valence-electron chi connectivity index (χ1n) is 9.01. The van der Waals surface area contributed by atoms with Crippen molar-refractivity contribution in [2.24, 2.45) is 0 Å². The first-order chi connectivity index (χ1) is 13.6. The van der Waals surface area contributed by atoms with E-state index in [0.29, 0.717) is 36.6 Å². The maximum absolute atomic E-state index is 12.1. The number of fused-ring (bicyclic) bond motifs is 1. The fourth-order valence-electron chi connectivity index (χ4n) is 2.96. The summed E-state index contributed by atoms with van der Waals surface area (Å²) in [5.74, 6) is 1.22. The molecular weight excluding hydrogens is 362 g/mol. The zero-order valence-electron chi connectivity index (χ0n) is 15.9. The van der Waals surface area contributed by atoms with E-state index in [-0.39, 0.29) is 12.5 Å². The van der Waals surface area contributed by atoms with Gasteiger partial charge in [0.15, 0.2) is 18.1 Å². The predicted molar refractivity (Wildman–Crippen MR) is 102 cm³/mol. The first kappa shape index (κ1) is 19.5. The number of benzene rings is 2. The summed E-state index contributed by atoms with van der Waals surface area (Å²) >= 11 is 0. The number of carbonyl (C=O) groups is 2. The molecule has 0 saturated heterocycles. The number of methoxy groups -OCH3 is 2. The van der Waals surface area contributed by atoms with Crippen LogP contribution in [0.1, 0.15) is 21.5 Å². The third kappa shape index (κ3) is 4.73. The minimum atomic E-state index is -0.523. The molecule has 1 amide bonds. The van der Waals surface area contributed by atoms with Gasteiger partial charge in [-0.2, -0.15) is 0 Å². The highest BCUT2D eigenvalue weighted by Crippen LogP contribution is 2.28. The standard InChI is InChI=1S/C21H23NO6/c1-25-18-5-3-14(11-19(18)26-2)7-9-22-20(23)13-28-21(24)16-4-6-17-15(12-16)8-10-27-17/h3-6,11-12H,7-10,13H2,1-2H3,(H,22,23). The number of esters is 1. The van der Waals surface area contributed by atoms with Crippen LogP contribution >= 0.6 is 0 Å². The average molecular weight is 385 g/mol. The Balaban J connectivity index is 1.43. The number of hydrogen-bond donors (Lipinski definition) is 1. The van der Waals surface area contributed by atoms with Crippen LogP contribution in [0.2, 0.25) is 0 Å². The monoisotopic (exact) mass is 385 g/mol. The van der Waals surface area contributed by atoms with Crippen LogP contribution in [0.25, 0.3) is 0 Å². The van der Waals surface area contributed by atoms with Crippen LogP contribution in [0.3, 0.4) is 0 Å². The van der Waals surface area contributed by atoms with Gasteiger partial charge in [0.2, 0.25) is 0 Å². The molecule has 0 unspecified atom stereocenters. The molecular formula is C21H23NO6. The second-order valence-electron chi connectivity index (χ2n) is 6.29. The molecule has 1 N–H and O–H groups in total. The highest BCUT2D eigenvalue weighted by Gasteiger charge is 2.16. The van der Waals surface area contributed by atoms with Crippen LogP contribution in [-0.2, 0) is 22.4 Å². The SMILES string of the molecule is COc1ccc(CCNC(=O)COC(=O)c2ccc3c(c2)CCO3)cc1OC. The van der Waals surface area contributed by atoms with Crippen molar-refractivity contribution in [1.29, 1.82) is 0 Å². The van der Waals surface area contributed by atoms with Crippen molar-refractivity contribution < 1.29 is 28.5 Å². The quantitative estimate of drug-likeness (QED) is 0.701. The minimum absolute atomic E-state index is 0.321. The first-order valence-corrected chi connectivity index (χ1v) is 9.01. The molecule has 0 bridgehead atoms. The molecule has 0 fully saturated rings. The smallest absolute Gasteiger partial charge is 0.338 e.